The SMILES string of the molecule is NC(=O)C(=O)N(Cc1ccncc1)Cc1ccncc1. The van der Waals surface area contributed by atoms with E-state index >= 15 is 0 Å². The van der Waals surface area contributed by atoms with Gasteiger partial charge < -0.3 is 10.6 Å². The first-order valence-corrected chi connectivity index (χ1v) is 6.03. The Bertz CT molecular complexity index is 545. The fraction of sp³-hybridized carbons (Fsp3) is 0.143. The van der Waals surface area contributed by atoms with Gasteiger partial charge in [-0.2, -0.15) is 0 Å². The topological polar surface area (TPSA) is 89.2 Å². The monoisotopic (exact) mass is 270 g/mol. The molecule has 2 N–H and O–H groups in total. The third-order valence-corrected chi connectivity index (χ3v) is 2.74. The smallest absolute Gasteiger partial charge is 0.312 e. The second-order valence-corrected chi connectivity index (χ2v) is 4.24. The molecule has 0 radical (unpaired) electrons. The lowest BCUT2D eigenvalue weighted by atomic mass is 10.2. The Morgan fingerprint density at radius 1 is 0.900 bits per heavy atom. The van der Waals surface area contributed by atoms with Crippen LogP contribution >= 0.6 is 0 Å². The van der Waals surface area contributed by atoms with E-state index in [2.05, 4.69) is 9.97 Å². The van der Waals surface area contributed by atoms with Crippen LogP contribution in [0.2, 0.25) is 0 Å². The summed E-state index contributed by atoms with van der Waals surface area (Å²) in [6.45, 7) is 0.596. The first-order valence-electron chi connectivity index (χ1n) is 6.03. The summed E-state index contributed by atoms with van der Waals surface area (Å²) < 4.78 is 0. The summed E-state index contributed by atoms with van der Waals surface area (Å²) in [5.74, 6) is -1.67. The van der Waals surface area contributed by atoms with Crippen molar-refractivity contribution in [1.29, 1.82) is 0 Å². The van der Waals surface area contributed by atoms with Crippen LogP contribution in [-0.4, -0.2) is 26.7 Å². The number of hydrogen-bond donors (Lipinski definition) is 1. The summed E-state index contributed by atoms with van der Waals surface area (Å²) in [7, 11) is 0. The average Bonchev–Trinajstić information content (AvgIpc) is 2.48. The number of nitrogens with two attached hydrogens (primary N) is 1. The number of amides is 2. The van der Waals surface area contributed by atoms with Gasteiger partial charge in [0.2, 0.25) is 0 Å². The molecule has 20 heavy (non-hydrogen) atoms. The van der Waals surface area contributed by atoms with Gasteiger partial charge in [0.15, 0.2) is 0 Å². The van der Waals surface area contributed by atoms with Gasteiger partial charge >= 0.3 is 11.8 Å². The first-order chi connectivity index (χ1) is 9.66. The molecule has 0 spiro atoms. The molecule has 0 aliphatic rings. The number of pyridine rings is 2. The quantitative estimate of drug-likeness (QED) is 0.819. The van der Waals surface area contributed by atoms with Crippen LogP contribution in [0.15, 0.2) is 49.1 Å². The average molecular weight is 270 g/mol. The maximum atomic E-state index is 11.9. The molecule has 0 aliphatic carbocycles. The molecule has 102 valence electrons. The molecular weight excluding hydrogens is 256 g/mol. The Kier molecular flexibility index (Phi) is 4.39. The third kappa shape index (κ3) is 3.61. The van der Waals surface area contributed by atoms with Crippen LogP contribution in [0.4, 0.5) is 0 Å². The van der Waals surface area contributed by atoms with Crippen LogP contribution in [0.5, 0.6) is 0 Å². The summed E-state index contributed by atoms with van der Waals surface area (Å²) in [6.07, 6.45) is 6.53. The molecule has 2 aromatic rings. The molecule has 2 amide bonds. The van der Waals surface area contributed by atoms with E-state index in [1.54, 1.807) is 49.1 Å². The summed E-state index contributed by atoms with van der Waals surface area (Å²) >= 11 is 0. The number of aromatic nitrogens is 2. The molecule has 0 aromatic carbocycles. The van der Waals surface area contributed by atoms with E-state index in [1.807, 2.05) is 0 Å². The lowest BCUT2D eigenvalue weighted by molar-refractivity contribution is -0.145. The predicted molar refractivity (Wildman–Crippen MR) is 71.9 cm³/mol. The Morgan fingerprint density at radius 3 is 1.65 bits per heavy atom. The second kappa shape index (κ2) is 6.42. The summed E-state index contributed by atoms with van der Waals surface area (Å²) in [6, 6.07) is 7.14. The maximum Gasteiger partial charge on any atom is 0.312 e. The first kappa shape index (κ1) is 13.7. The molecule has 0 fully saturated rings. The second-order valence-electron chi connectivity index (χ2n) is 4.24. The van der Waals surface area contributed by atoms with E-state index < -0.39 is 11.8 Å². The Labute approximate surface area is 116 Å². The largest absolute Gasteiger partial charge is 0.361 e. The number of carbonyl (C=O) groups is 2. The van der Waals surface area contributed by atoms with Gasteiger partial charge in [-0.25, -0.2) is 0 Å². The number of rotatable bonds is 4. The van der Waals surface area contributed by atoms with Gasteiger partial charge in [0.25, 0.3) is 0 Å². The van der Waals surface area contributed by atoms with E-state index in [4.69, 9.17) is 5.73 Å². The molecule has 2 aromatic heterocycles. The number of nitrogens with zero attached hydrogens (tertiary/aromatic N) is 3. The highest BCUT2D eigenvalue weighted by atomic mass is 16.2. The van der Waals surface area contributed by atoms with Crippen LogP contribution in [0.1, 0.15) is 11.1 Å². The third-order valence-electron chi connectivity index (χ3n) is 2.74. The summed E-state index contributed by atoms with van der Waals surface area (Å²) in [5.41, 5.74) is 6.85. The van der Waals surface area contributed by atoms with Crippen LogP contribution in [0.3, 0.4) is 0 Å². The van der Waals surface area contributed by atoms with Crippen molar-refractivity contribution in [2.45, 2.75) is 13.1 Å². The van der Waals surface area contributed by atoms with Gasteiger partial charge in [-0.1, -0.05) is 0 Å². The normalized spacial score (nSPS) is 10.0. The van der Waals surface area contributed by atoms with Gasteiger partial charge in [0.05, 0.1) is 0 Å². The van der Waals surface area contributed by atoms with Gasteiger partial charge in [-0.05, 0) is 35.4 Å². The zero-order valence-corrected chi connectivity index (χ0v) is 10.8. The van der Waals surface area contributed by atoms with Gasteiger partial charge in [-0.15, -0.1) is 0 Å². The molecular formula is C14H14N4O2. The number of primary amides is 1. The molecule has 6 nitrogen and oxygen atoms in total. The Balaban J connectivity index is 2.17. The fourth-order valence-corrected chi connectivity index (χ4v) is 1.77. The summed E-state index contributed by atoms with van der Waals surface area (Å²) in [4.78, 5) is 32.2. The fourth-order valence-electron chi connectivity index (χ4n) is 1.77. The van der Waals surface area contributed by atoms with Crippen LogP contribution in [0, 0.1) is 0 Å². The molecule has 0 saturated carbocycles. The molecule has 0 unspecified atom stereocenters. The highest BCUT2D eigenvalue weighted by Gasteiger charge is 2.19. The van der Waals surface area contributed by atoms with Gasteiger partial charge in [0, 0.05) is 37.9 Å². The van der Waals surface area contributed by atoms with Crippen molar-refractivity contribution in [3.63, 3.8) is 0 Å². The number of carbonyl (C=O) groups excluding carboxylic acids is 2. The van der Waals surface area contributed by atoms with Crippen molar-refractivity contribution < 1.29 is 9.59 Å². The molecule has 0 bridgehead atoms. The number of hydrogen-bond acceptors (Lipinski definition) is 4. The molecule has 2 rings (SSSR count). The van der Waals surface area contributed by atoms with Crippen LogP contribution < -0.4 is 5.73 Å². The lowest BCUT2D eigenvalue weighted by Gasteiger charge is -2.21. The highest BCUT2D eigenvalue weighted by Crippen LogP contribution is 2.09. The Hall–Kier alpha value is -2.76. The van der Waals surface area contributed by atoms with Crippen molar-refractivity contribution in [3.05, 3.63) is 60.2 Å². The standard InChI is InChI=1S/C14H14N4O2/c15-13(19)14(20)18(9-11-1-5-16-6-2-11)10-12-3-7-17-8-4-12/h1-8H,9-10H2,(H2,15,19). The van der Waals surface area contributed by atoms with E-state index in [0.717, 1.165) is 11.1 Å². The lowest BCUT2D eigenvalue weighted by Crippen LogP contribution is -2.39. The zero-order valence-electron chi connectivity index (χ0n) is 10.8. The van der Waals surface area contributed by atoms with E-state index in [1.165, 1.54) is 4.90 Å². The highest BCUT2D eigenvalue weighted by molar-refractivity contribution is 6.34. The van der Waals surface area contributed by atoms with Crippen molar-refractivity contribution in [2.24, 2.45) is 5.73 Å². The molecule has 0 saturated heterocycles. The van der Waals surface area contributed by atoms with Crippen LogP contribution in [0.25, 0.3) is 0 Å². The van der Waals surface area contributed by atoms with Crippen molar-refractivity contribution in [2.75, 3.05) is 0 Å². The minimum atomic E-state index is -0.965. The van der Waals surface area contributed by atoms with E-state index in [0.29, 0.717) is 13.1 Å². The van der Waals surface area contributed by atoms with Gasteiger partial charge in [0.1, 0.15) is 0 Å². The summed E-state index contributed by atoms with van der Waals surface area (Å²) in [5, 5.41) is 0. The van der Waals surface area contributed by atoms with E-state index in [-0.39, 0.29) is 0 Å². The van der Waals surface area contributed by atoms with Crippen molar-refractivity contribution in [3.8, 4) is 0 Å². The van der Waals surface area contributed by atoms with E-state index in [9.17, 15) is 9.59 Å². The van der Waals surface area contributed by atoms with Crippen molar-refractivity contribution in [1.82, 2.24) is 14.9 Å². The van der Waals surface area contributed by atoms with Crippen molar-refractivity contribution >= 4 is 11.8 Å². The molecule has 0 aliphatic heterocycles. The molecule has 2 heterocycles. The zero-order chi connectivity index (χ0) is 14.4. The predicted octanol–water partition coefficient (Wildman–Crippen LogP) is 0.491. The minimum absolute atomic E-state index is 0.298. The van der Waals surface area contributed by atoms with Crippen LogP contribution in [-0.2, 0) is 22.7 Å². The van der Waals surface area contributed by atoms with Gasteiger partial charge in [-0.3, -0.25) is 19.6 Å². The molecule has 0 atom stereocenters. The maximum absolute atomic E-state index is 11.9. The molecule has 6 heteroatoms. The Morgan fingerprint density at radius 2 is 1.30 bits per heavy atom. The minimum Gasteiger partial charge on any atom is -0.361 e.